The van der Waals surface area contributed by atoms with E-state index in [0.29, 0.717) is 0 Å². The van der Waals surface area contributed by atoms with Gasteiger partial charge < -0.3 is 10.8 Å². The lowest BCUT2D eigenvalue weighted by Gasteiger charge is -2.76. The van der Waals surface area contributed by atoms with E-state index in [1.165, 1.54) is 0 Å². The van der Waals surface area contributed by atoms with Crippen LogP contribution in [-0.2, 0) is 26.1 Å². The molecule has 29 heavy (non-hydrogen) atoms. The monoisotopic (exact) mass is 440 g/mol. The molecule has 2 atom stereocenters. The minimum Gasteiger partial charge on any atom is -0.480 e. The van der Waals surface area contributed by atoms with E-state index < -0.39 is 50.2 Å². The summed E-state index contributed by atoms with van der Waals surface area (Å²) >= 11 is 0. The molecule has 1 aromatic carbocycles. The lowest BCUT2D eigenvalue weighted by molar-refractivity contribution is -0.371. The standard InChI is InChI=1S/C18H21F5N2O3S/c19-17(20,21)12-3-1-11(2-4-12)16-9-15(10-16,18(16,22)23)6-8-29(25,28)7-5-13(24)14(26)27/h1-4,13,25H,5-10,24H2,(H,26,27)/t13-,15?,16?,29?/m0/s1. The molecule has 0 heterocycles. The van der Waals surface area contributed by atoms with Gasteiger partial charge in [-0.15, -0.1) is 0 Å². The summed E-state index contributed by atoms with van der Waals surface area (Å²) in [6.07, 6.45) is -4.77. The molecule has 1 aromatic rings. The molecule has 3 aliphatic carbocycles. The Morgan fingerprint density at radius 1 is 1.21 bits per heavy atom. The van der Waals surface area contributed by atoms with Crippen molar-refractivity contribution in [1.82, 2.24) is 0 Å². The van der Waals surface area contributed by atoms with E-state index in [1.807, 2.05) is 0 Å². The van der Waals surface area contributed by atoms with Crippen LogP contribution in [-0.4, -0.2) is 38.8 Å². The summed E-state index contributed by atoms with van der Waals surface area (Å²) in [7, 11) is -3.25. The van der Waals surface area contributed by atoms with E-state index in [1.54, 1.807) is 0 Å². The predicted octanol–water partition coefficient (Wildman–Crippen LogP) is 3.61. The minimum absolute atomic E-state index is 0.0581. The van der Waals surface area contributed by atoms with E-state index in [0.717, 1.165) is 24.3 Å². The Hall–Kier alpha value is -1.75. The van der Waals surface area contributed by atoms with Crippen molar-refractivity contribution in [1.29, 1.82) is 4.78 Å². The summed E-state index contributed by atoms with van der Waals surface area (Å²) in [5.41, 5.74) is 1.64. The number of alkyl halides is 5. The minimum atomic E-state index is -4.54. The van der Waals surface area contributed by atoms with Gasteiger partial charge in [0, 0.05) is 26.6 Å². The largest absolute Gasteiger partial charge is 0.480 e. The molecule has 11 heteroatoms. The fourth-order valence-electron chi connectivity index (χ4n) is 4.44. The van der Waals surface area contributed by atoms with Gasteiger partial charge in [0.25, 0.3) is 5.92 Å². The normalized spacial score (nSPS) is 30.6. The van der Waals surface area contributed by atoms with Crippen molar-refractivity contribution < 1.29 is 36.1 Å². The van der Waals surface area contributed by atoms with E-state index in [4.69, 9.17) is 15.6 Å². The molecule has 0 amide bonds. The maximum atomic E-state index is 14.8. The fraction of sp³-hybridized carbons (Fsp3) is 0.611. The van der Waals surface area contributed by atoms with Gasteiger partial charge in [-0.3, -0.25) is 9.57 Å². The molecule has 3 aliphatic rings. The molecular formula is C18H21F5N2O3S. The highest BCUT2D eigenvalue weighted by Gasteiger charge is 2.87. The third kappa shape index (κ3) is 3.41. The summed E-state index contributed by atoms with van der Waals surface area (Å²) in [4.78, 5) is 10.7. The Balaban J connectivity index is 1.63. The summed E-state index contributed by atoms with van der Waals surface area (Å²) in [6, 6.07) is 2.49. The maximum Gasteiger partial charge on any atom is 0.416 e. The Labute approximate surface area is 164 Å². The van der Waals surface area contributed by atoms with Gasteiger partial charge in [-0.1, -0.05) is 12.1 Å². The molecule has 0 aliphatic heterocycles. The highest BCUT2D eigenvalue weighted by atomic mass is 32.2. The van der Waals surface area contributed by atoms with Crippen LogP contribution in [0.2, 0.25) is 0 Å². The van der Waals surface area contributed by atoms with Crippen molar-refractivity contribution in [2.24, 2.45) is 11.1 Å². The van der Waals surface area contributed by atoms with Crippen molar-refractivity contribution in [3.05, 3.63) is 35.4 Å². The van der Waals surface area contributed by atoms with Crippen LogP contribution in [0.5, 0.6) is 0 Å². The second kappa shape index (κ2) is 6.63. The summed E-state index contributed by atoms with van der Waals surface area (Å²) in [5.74, 6) is -5.03. The molecule has 3 saturated carbocycles. The summed E-state index contributed by atoms with van der Waals surface area (Å²) in [6.45, 7) is 0. The zero-order valence-electron chi connectivity index (χ0n) is 15.3. The van der Waals surface area contributed by atoms with Gasteiger partial charge in [0.15, 0.2) is 0 Å². The quantitative estimate of drug-likeness (QED) is 0.537. The smallest absolute Gasteiger partial charge is 0.416 e. The molecule has 0 aromatic heterocycles. The van der Waals surface area contributed by atoms with Gasteiger partial charge in [-0.2, -0.15) is 13.2 Å². The molecule has 5 nitrogen and oxygen atoms in total. The van der Waals surface area contributed by atoms with Crippen LogP contribution in [0.25, 0.3) is 0 Å². The number of halogens is 5. The first-order valence-electron chi connectivity index (χ1n) is 8.94. The molecule has 4 N–H and O–H groups in total. The first kappa shape index (κ1) is 21.9. The molecule has 2 bridgehead atoms. The highest BCUT2D eigenvalue weighted by molar-refractivity contribution is 7.92. The second-order valence-electron chi connectivity index (χ2n) is 8.07. The van der Waals surface area contributed by atoms with Gasteiger partial charge in [0.2, 0.25) is 0 Å². The number of carbonyl (C=O) groups is 1. The van der Waals surface area contributed by atoms with E-state index >= 15 is 0 Å². The number of carboxylic acid groups (broad SMARTS) is 1. The fourth-order valence-corrected chi connectivity index (χ4v) is 6.00. The van der Waals surface area contributed by atoms with Crippen LogP contribution >= 0.6 is 0 Å². The number of aliphatic carboxylic acids is 1. The van der Waals surface area contributed by atoms with Crippen LogP contribution in [0.4, 0.5) is 22.0 Å². The first-order chi connectivity index (χ1) is 13.2. The Morgan fingerprint density at radius 3 is 2.21 bits per heavy atom. The number of carboxylic acids is 1. The Morgan fingerprint density at radius 2 is 1.76 bits per heavy atom. The summed E-state index contributed by atoms with van der Waals surface area (Å²) in [5, 5.41) is 8.72. The van der Waals surface area contributed by atoms with Crippen LogP contribution in [0.15, 0.2) is 24.3 Å². The van der Waals surface area contributed by atoms with Gasteiger partial charge in [-0.05, 0) is 43.4 Å². The number of nitrogens with two attached hydrogens (primary N) is 1. The maximum absolute atomic E-state index is 14.8. The highest BCUT2D eigenvalue weighted by Crippen LogP contribution is 2.82. The molecule has 0 saturated heterocycles. The van der Waals surface area contributed by atoms with Gasteiger partial charge in [0.05, 0.1) is 11.0 Å². The van der Waals surface area contributed by atoms with E-state index in [-0.39, 0.29) is 42.8 Å². The Kier molecular flexibility index (Phi) is 5.02. The van der Waals surface area contributed by atoms with Crippen molar-refractivity contribution >= 4 is 15.7 Å². The van der Waals surface area contributed by atoms with Crippen molar-refractivity contribution in [2.45, 2.75) is 49.2 Å². The average Bonchev–Trinajstić information content (AvgIpc) is 2.58. The summed E-state index contributed by atoms with van der Waals surface area (Å²) < 4.78 is 87.8. The van der Waals surface area contributed by atoms with Gasteiger partial charge in [0.1, 0.15) is 6.04 Å². The zero-order valence-corrected chi connectivity index (χ0v) is 16.1. The first-order valence-corrected chi connectivity index (χ1v) is 10.8. The molecule has 1 unspecified atom stereocenters. The van der Waals surface area contributed by atoms with E-state index in [9.17, 15) is 31.0 Å². The van der Waals surface area contributed by atoms with E-state index in [2.05, 4.69) is 0 Å². The third-order valence-electron chi connectivity index (χ3n) is 6.30. The molecule has 4 rings (SSSR count). The second-order valence-corrected chi connectivity index (χ2v) is 10.5. The average molecular weight is 440 g/mol. The van der Waals surface area contributed by atoms with Crippen LogP contribution < -0.4 is 5.73 Å². The zero-order chi connectivity index (χ0) is 21.9. The number of hydrogen-bond acceptors (Lipinski definition) is 4. The molecule has 3 fully saturated rings. The van der Waals surface area contributed by atoms with Crippen molar-refractivity contribution in [2.75, 3.05) is 11.5 Å². The third-order valence-corrected chi connectivity index (χ3v) is 8.06. The number of hydrogen-bond donors (Lipinski definition) is 3. The molecule has 0 spiro atoms. The SMILES string of the molecule is N=S(=O)(CC[C@H](N)C(=O)O)CCC12CC(c3ccc(C(F)(F)F)cc3)(C1)C2(F)F. The number of nitrogens with one attached hydrogen (secondary N) is 1. The number of rotatable bonds is 8. The van der Waals surface area contributed by atoms with Crippen molar-refractivity contribution in [3.8, 4) is 0 Å². The van der Waals surface area contributed by atoms with Crippen molar-refractivity contribution in [3.63, 3.8) is 0 Å². The lowest BCUT2D eigenvalue weighted by atomic mass is 9.30. The van der Waals surface area contributed by atoms with Crippen LogP contribution in [0.3, 0.4) is 0 Å². The van der Waals surface area contributed by atoms with Crippen LogP contribution in [0.1, 0.15) is 36.8 Å². The predicted molar refractivity (Wildman–Crippen MR) is 95.2 cm³/mol. The topological polar surface area (TPSA) is 104 Å². The van der Waals surface area contributed by atoms with Crippen LogP contribution in [0, 0.1) is 10.2 Å². The van der Waals surface area contributed by atoms with Gasteiger partial charge >= 0.3 is 12.1 Å². The Bertz CT molecular complexity index is 906. The number of benzene rings is 1. The molecular weight excluding hydrogens is 419 g/mol. The van der Waals surface area contributed by atoms with Gasteiger partial charge in [-0.25, -0.2) is 13.0 Å². The lowest BCUT2D eigenvalue weighted by Crippen LogP contribution is -2.81. The molecule has 162 valence electrons. The molecule has 0 radical (unpaired) electrons.